The number of carbonyl (C=O) groups is 1. The van der Waals surface area contributed by atoms with Crippen LogP contribution in [0.4, 0.5) is 5.69 Å². The van der Waals surface area contributed by atoms with Gasteiger partial charge in [0.2, 0.25) is 0 Å². The Morgan fingerprint density at radius 2 is 2.05 bits per heavy atom. The molecule has 0 radical (unpaired) electrons. The summed E-state index contributed by atoms with van der Waals surface area (Å²) in [6, 6.07) is 8.84. The van der Waals surface area contributed by atoms with Crippen LogP contribution in [-0.2, 0) is 0 Å². The van der Waals surface area contributed by atoms with Crippen molar-refractivity contribution in [3.63, 3.8) is 0 Å². The van der Waals surface area contributed by atoms with Gasteiger partial charge in [0.15, 0.2) is 5.76 Å². The summed E-state index contributed by atoms with van der Waals surface area (Å²) in [4.78, 5) is 11.9. The van der Waals surface area contributed by atoms with Gasteiger partial charge in [-0.3, -0.25) is 4.79 Å². The lowest BCUT2D eigenvalue weighted by molar-refractivity contribution is 0.0996. The van der Waals surface area contributed by atoms with Crippen LogP contribution in [0.5, 0.6) is 5.75 Å². The van der Waals surface area contributed by atoms with Gasteiger partial charge >= 0.3 is 0 Å². The Bertz CT molecular complexity index is 546. The molecule has 0 atom stereocenters. The number of hydrogen-bond acceptors (Lipinski definition) is 4. The highest BCUT2D eigenvalue weighted by Crippen LogP contribution is 2.17. The molecule has 1 aromatic carbocycles. The number of aryl methyl sites for hydroxylation is 1. The number of nitrogens with one attached hydrogen (secondary N) is 1. The quantitative estimate of drug-likeness (QED) is 0.863. The van der Waals surface area contributed by atoms with Gasteiger partial charge in [-0.05, 0) is 37.3 Å². The molecular weight excluding hydrogens is 244 g/mol. The second-order valence-corrected chi connectivity index (χ2v) is 4.05. The first kappa shape index (κ1) is 13.2. The van der Waals surface area contributed by atoms with E-state index in [1.807, 2.05) is 6.92 Å². The van der Waals surface area contributed by atoms with Crippen LogP contribution < -0.4 is 15.8 Å². The van der Waals surface area contributed by atoms with Crippen molar-refractivity contribution in [2.24, 2.45) is 5.73 Å². The Hall–Kier alpha value is -2.27. The smallest absolute Gasteiger partial charge is 0.291 e. The highest BCUT2D eigenvalue weighted by molar-refractivity contribution is 6.03. The molecule has 0 bridgehead atoms. The minimum Gasteiger partial charge on any atom is -0.492 e. The van der Waals surface area contributed by atoms with Gasteiger partial charge in [0.25, 0.3) is 5.91 Å². The molecule has 5 heteroatoms. The van der Waals surface area contributed by atoms with Crippen LogP contribution in [0, 0.1) is 6.92 Å². The molecule has 5 nitrogen and oxygen atoms in total. The van der Waals surface area contributed by atoms with E-state index in [9.17, 15) is 4.79 Å². The van der Waals surface area contributed by atoms with Crippen molar-refractivity contribution in [1.82, 2.24) is 0 Å². The Balaban J connectivity index is 2.00. The van der Waals surface area contributed by atoms with E-state index in [1.165, 1.54) is 6.26 Å². The summed E-state index contributed by atoms with van der Waals surface area (Å²) in [6.45, 7) is 2.76. The first-order valence-corrected chi connectivity index (χ1v) is 5.99. The molecule has 2 aromatic rings. The molecule has 0 unspecified atom stereocenters. The van der Waals surface area contributed by atoms with Crippen molar-refractivity contribution in [3.05, 3.63) is 47.9 Å². The third-order valence-corrected chi connectivity index (χ3v) is 2.57. The minimum atomic E-state index is -0.266. The molecule has 0 spiro atoms. The van der Waals surface area contributed by atoms with Gasteiger partial charge in [-0.25, -0.2) is 0 Å². The predicted octanol–water partition coefficient (Wildman–Crippen LogP) is 2.18. The summed E-state index contributed by atoms with van der Waals surface area (Å²) in [7, 11) is 0. The summed E-state index contributed by atoms with van der Waals surface area (Å²) >= 11 is 0. The highest BCUT2D eigenvalue weighted by atomic mass is 16.5. The number of rotatable bonds is 5. The number of anilines is 1. The molecule has 2 rings (SSSR count). The number of benzene rings is 1. The monoisotopic (exact) mass is 260 g/mol. The van der Waals surface area contributed by atoms with Crippen LogP contribution in [-0.4, -0.2) is 19.1 Å². The second-order valence-electron chi connectivity index (χ2n) is 4.05. The van der Waals surface area contributed by atoms with Gasteiger partial charge in [0, 0.05) is 17.8 Å². The van der Waals surface area contributed by atoms with E-state index in [0.717, 1.165) is 11.3 Å². The summed E-state index contributed by atoms with van der Waals surface area (Å²) < 4.78 is 10.5. The molecule has 0 saturated carbocycles. The van der Waals surface area contributed by atoms with Gasteiger partial charge < -0.3 is 20.2 Å². The minimum absolute atomic E-state index is 0.266. The number of nitrogens with two attached hydrogens (primary N) is 1. The van der Waals surface area contributed by atoms with Crippen molar-refractivity contribution in [1.29, 1.82) is 0 Å². The van der Waals surface area contributed by atoms with E-state index < -0.39 is 0 Å². The molecule has 0 aliphatic heterocycles. The zero-order valence-electron chi connectivity index (χ0n) is 10.7. The van der Waals surface area contributed by atoms with E-state index in [2.05, 4.69) is 5.32 Å². The maximum absolute atomic E-state index is 11.9. The number of furan rings is 1. The third-order valence-electron chi connectivity index (χ3n) is 2.57. The zero-order chi connectivity index (χ0) is 13.7. The van der Waals surface area contributed by atoms with Crippen LogP contribution in [0.3, 0.4) is 0 Å². The fraction of sp³-hybridized carbons (Fsp3) is 0.214. The van der Waals surface area contributed by atoms with Gasteiger partial charge in [-0.15, -0.1) is 0 Å². The molecule has 1 amide bonds. The molecule has 0 aliphatic rings. The van der Waals surface area contributed by atoms with E-state index >= 15 is 0 Å². The van der Waals surface area contributed by atoms with Crippen LogP contribution in [0.1, 0.15) is 16.1 Å². The zero-order valence-corrected chi connectivity index (χ0v) is 10.7. The maximum atomic E-state index is 11.9. The molecule has 0 fully saturated rings. The van der Waals surface area contributed by atoms with E-state index in [1.54, 1.807) is 30.3 Å². The summed E-state index contributed by atoms with van der Waals surface area (Å²) in [5, 5.41) is 2.76. The number of carbonyl (C=O) groups excluding carboxylic acids is 1. The highest BCUT2D eigenvalue weighted by Gasteiger charge is 2.12. The molecule has 0 aliphatic carbocycles. The molecule has 1 heterocycles. The van der Waals surface area contributed by atoms with Gasteiger partial charge in [-0.1, -0.05) is 0 Å². The van der Waals surface area contributed by atoms with Gasteiger partial charge in [0.1, 0.15) is 12.4 Å². The lowest BCUT2D eigenvalue weighted by Gasteiger charge is -2.07. The SMILES string of the molecule is Cc1ccoc1C(=O)Nc1ccc(OCCN)cc1. The Labute approximate surface area is 111 Å². The van der Waals surface area contributed by atoms with E-state index in [0.29, 0.717) is 24.6 Å². The van der Waals surface area contributed by atoms with Crippen molar-refractivity contribution >= 4 is 11.6 Å². The van der Waals surface area contributed by atoms with Crippen LogP contribution in [0.25, 0.3) is 0 Å². The third kappa shape index (κ3) is 3.35. The fourth-order valence-corrected chi connectivity index (χ4v) is 1.60. The summed E-state index contributed by atoms with van der Waals surface area (Å²) in [5.41, 5.74) is 6.84. The Morgan fingerprint density at radius 1 is 1.32 bits per heavy atom. The molecule has 19 heavy (non-hydrogen) atoms. The average molecular weight is 260 g/mol. The molecule has 0 saturated heterocycles. The molecule has 1 aromatic heterocycles. The first-order chi connectivity index (χ1) is 9.20. The largest absolute Gasteiger partial charge is 0.492 e. The molecule has 100 valence electrons. The number of hydrogen-bond donors (Lipinski definition) is 2. The van der Waals surface area contributed by atoms with E-state index in [4.69, 9.17) is 14.9 Å². The van der Waals surface area contributed by atoms with E-state index in [-0.39, 0.29) is 5.91 Å². The molecular formula is C14H16N2O3. The van der Waals surface area contributed by atoms with Crippen LogP contribution >= 0.6 is 0 Å². The fourth-order valence-electron chi connectivity index (χ4n) is 1.60. The summed E-state index contributed by atoms with van der Waals surface area (Å²) in [6.07, 6.45) is 1.49. The van der Waals surface area contributed by atoms with Crippen molar-refractivity contribution in [3.8, 4) is 5.75 Å². The van der Waals surface area contributed by atoms with Gasteiger partial charge in [0.05, 0.1) is 6.26 Å². The second kappa shape index (κ2) is 6.06. The lowest BCUT2D eigenvalue weighted by atomic mass is 10.2. The van der Waals surface area contributed by atoms with Crippen LogP contribution in [0.15, 0.2) is 41.0 Å². The average Bonchev–Trinajstić information content (AvgIpc) is 2.84. The van der Waals surface area contributed by atoms with Gasteiger partial charge in [-0.2, -0.15) is 0 Å². The first-order valence-electron chi connectivity index (χ1n) is 5.99. The van der Waals surface area contributed by atoms with Crippen molar-refractivity contribution in [2.75, 3.05) is 18.5 Å². The number of amides is 1. The predicted molar refractivity (Wildman–Crippen MR) is 72.4 cm³/mol. The van der Waals surface area contributed by atoms with Crippen molar-refractivity contribution < 1.29 is 13.9 Å². The Morgan fingerprint density at radius 3 is 2.63 bits per heavy atom. The lowest BCUT2D eigenvalue weighted by Crippen LogP contribution is -2.12. The number of ether oxygens (including phenoxy) is 1. The topological polar surface area (TPSA) is 77.5 Å². The normalized spacial score (nSPS) is 10.2. The summed E-state index contributed by atoms with van der Waals surface area (Å²) in [5.74, 6) is 0.777. The maximum Gasteiger partial charge on any atom is 0.291 e. The van der Waals surface area contributed by atoms with Crippen LogP contribution in [0.2, 0.25) is 0 Å². The Kier molecular flexibility index (Phi) is 4.20. The standard InChI is InChI=1S/C14H16N2O3/c1-10-6-8-19-13(10)14(17)16-11-2-4-12(5-3-11)18-9-7-15/h2-6,8H,7,9,15H2,1H3,(H,16,17). The molecule has 3 N–H and O–H groups in total. The van der Waals surface area contributed by atoms with Crippen molar-refractivity contribution in [2.45, 2.75) is 6.92 Å².